The van der Waals surface area contributed by atoms with Gasteiger partial charge in [0.2, 0.25) is 0 Å². The van der Waals surface area contributed by atoms with Crippen LogP contribution in [0.15, 0.2) is 0 Å². The molecule has 78 valence electrons. The molecular weight excluding hydrogens is 160 g/mol. The molecule has 0 radical (unpaired) electrons. The second-order valence-corrected chi connectivity index (χ2v) is 4.20. The molecule has 0 atom stereocenters. The van der Waals surface area contributed by atoms with Gasteiger partial charge in [-0.05, 0) is 44.4 Å². The second-order valence-electron chi connectivity index (χ2n) is 4.20. The SMILES string of the molecule is CCC(CC)CNCCC1CNC1. The van der Waals surface area contributed by atoms with Crippen molar-refractivity contribution in [3.63, 3.8) is 0 Å². The van der Waals surface area contributed by atoms with Crippen molar-refractivity contribution in [2.45, 2.75) is 33.1 Å². The highest BCUT2D eigenvalue weighted by Gasteiger charge is 2.15. The van der Waals surface area contributed by atoms with E-state index in [0.717, 1.165) is 11.8 Å². The third-order valence-electron chi connectivity index (χ3n) is 3.18. The minimum atomic E-state index is 0.888. The molecule has 2 nitrogen and oxygen atoms in total. The number of hydrogen-bond acceptors (Lipinski definition) is 2. The van der Waals surface area contributed by atoms with E-state index in [4.69, 9.17) is 0 Å². The fourth-order valence-electron chi connectivity index (χ4n) is 1.74. The van der Waals surface area contributed by atoms with Gasteiger partial charge >= 0.3 is 0 Å². The molecule has 0 aliphatic carbocycles. The predicted molar refractivity (Wildman–Crippen MR) is 57.9 cm³/mol. The molecule has 0 unspecified atom stereocenters. The maximum atomic E-state index is 3.56. The first-order chi connectivity index (χ1) is 6.36. The summed E-state index contributed by atoms with van der Waals surface area (Å²) in [6.45, 7) is 9.48. The Labute approximate surface area is 82.5 Å². The Morgan fingerprint density at radius 3 is 2.46 bits per heavy atom. The van der Waals surface area contributed by atoms with Gasteiger partial charge in [0.15, 0.2) is 0 Å². The number of hydrogen-bond donors (Lipinski definition) is 2. The summed E-state index contributed by atoms with van der Waals surface area (Å²) in [4.78, 5) is 0. The Morgan fingerprint density at radius 2 is 2.00 bits per heavy atom. The molecule has 0 aromatic carbocycles. The van der Waals surface area contributed by atoms with E-state index in [0.29, 0.717) is 0 Å². The van der Waals surface area contributed by atoms with Gasteiger partial charge in [0.1, 0.15) is 0 Å². The first kappa shape index (κ1) is 11.0. The van der Waals surface area contributed by atoms with Gasteiger partial charge in [0, 0.05) is 0 Å². The van der Waals surface area contributed by atoms with E-state index in [-0.39, 0.29) is 0 Å². The summed E-state index contributed by atoms with van der Waals surface area (Å²) >= 11 is 0. The van der Waals surface area contributed by atoms with Gasteiger partial charge in [0.05, 0.1) is 0 Å². The van der Waals surface area contributed by atoms with Crippen molar-refractivity contribution in [1.82, 2.24) is 10.6 Å². The molecule has 0 saturated carbocycles. The summed E-state index contributed by atoms with van der Waals surface area (Å²) in [5, 5.41) is 6.86. The van der Waals surface area contributed by atoms with E-state index in [2.05, 4.69) is 24.5 Å². The van der Waals surface area contributed by atoms with Crippen LogP contribution in [0.4, 0.5) is 0 Å². The molecule has 1 rings (SSSR count). The van der Waals surface area contributed by atoms with Crippen LogP contribution >= 0.6 is 0 Å². The quantitative estimate of drug-likeness (QED) is 0.588. The van der Waals surface area contributed by atoms with Crippen molar-refractivity contribution in [2.24, 2.45) is 11.8 Å². The molecule has 0 aromatic heterocycles. The summed E-state index contributed by atoms with van der Waals surface area (Å²) in [6.07, 6.45) is 3.98. The molecule has 2 N–H and O–H groups in total. The summed E-state index contributed by atoms with van der Waals surface area (Å²) < 4.78 is 0. The number of rotatable bonds is 7. The average molecular weight is 184 g/mol. The Hall–Kier alpha value is -0.0800. The lowest BCUT2D eigenvalue weighted by molar-refractivity contribution is 0.317. The van der Waals surface area contributed by atoms with Crippen LogP contribution < -0.4 is 10.6 Å². The zero-order valence-corrected chi connectivity index (χ0v) is 9.10. The van der Waals surface area contributed by atoms with E-state index in [1.807, 2.05) is 0 Å². The van der Waals surface area contributed by atoms with Gasteiger partial charge in [-0.15, -0.1) is 0 Å². The molecule has 1 aliphatic rings. The van der Waals surface area contributed by atoms with Crippen molar-refractivity contribution in [1.29, 1.82) is 0 Å². The maximum Gasteiger partial charge on any atom is -0.000778 e. The monoisotopic (exact) mass is 184 g/mol. The Kier molecular flexibility index (Phi) is 5.40. The van der Waals surface area contributed by atoms with Gasteiger partial charge in [-0.3, -0.25) is 0 Å². The van der Waals surface area contributed by atoms with Gasteiger partial charge in [-0.25, -0.2) is 0 Å². The van der Waals surface area contributed by atoms with Crippen LogP contribution in [-0.2, 0) is 0 Å². The normalized spacial score (nSPS) is 17.8. The molecule has 1 heterocycles. The minimum absolute atomic E-state index is 0.888. The predicted octanol–water partition coefficient (Wildman–Crippen LogP) is 1.62. The van der Waals surface area contributed by atoms with Crippen LogP contribution in [-0.4, -0.2) is 26.2 Å². The molecule has 2 heteroatoms. The van der Waals surface area contributed by atoms with Crippen molar-refractivity contribution >= 4 is 0 Å². The average Bonchev–Trinajstić information content (AvgIpc) is 2.08. The van der Waals surface area contributed by atoms with Crippen LogP contribution in [0.2, 0.25) is 0 Å². The molecule has 0 bridgehead atoms. The number of nitrogens with one attached hydrogen (secondary N) is 2. The van der Waals surface area contributed by atoms with Crippen LogP contribution in [0.25, 0.3) is 0 Å². The summed E-state index contributed by atoms with van der Waals surface area (Å²) in [5.74, 6) is 1.84. The maximum absolute atomic E-state index is 3.56. The molecular formula is C11H24N2. The summed E-state index contributed by atoms with van der Waals surface area (Å²) in [6, 6.07) is 0. The molecule has 1 fully saturated rings. The van der Waals surface area contributed by atoms with Crippen molar-refractivity contribution in [2.75, 3.05) is 26.2 Å². The molecule has 13 heavy (non-hydrogen) atoms. The van der Waals surface area contributed by atoms with Crippen LogP contribution in [0.3, 0.4) is 0 Å². The molecule has 0 aromatic rings. The highest BCUT2D eigenvalue weighted by atomic mass is 15.0. The second kappa shape index (κ2) is 6.39. The Bertz CT molecular complexity index is 117. The van der Waals surface area contributed by atoms with E-state index >= 15 is 0 Å². The van der Waals surface area contributed by atoms with E-state index in [1.54, 1.807) is 0 Å². The molecule has 1 saturated heterocycles. The summed E-state index contributed by atoms with van der Waals surface area (Å²) in [5.41, 5.74) is 0. The highest BCUT2D eigenvalue weighted by Crippen LogP contribution is 2.08. The van der Waals surface area contributed by atoms with Gasteiger partial charge in [-0.2, -0.15) is 0 Å². The van der Waals surface area contributed by atoms with Crippen molar-refractivity contribution in [3.8, 4) is 0 Å². The smallest absolute Gasteiger partial charge is 0.000778 e. The zero-order valence-electron chi connectivity index (χ0n) is 9.10. The largest absolute Gasteiger partial charge is 0.316 e. The van der Waals surface area contributed by atoms with Crippen LogP contribution in [0.1, 0.15) is 33.1 Å². The summed E-state index contributed by atoms with van der Waals surface area (Å²) in [7, 11) is 0. The standard InChI is InChI=1S/C11H24N2/c1-3-10(4-2)7-12-6-5-11-8-13-9-11/h10-13H,3-9H2,1-2H3. The fraction of sp³-hybridized carbons (Fsp3) is 1.00. The molecule has 0 spiro atoms. The van der Waals surface area contributed by atoms with Gasteiger partial charge < -0.3 is 10.6 Å². The van der Waals surface area contributed by atoms with Gasteiger partial charge in [-0.1, -0.05) is 26.7 Å². The van der Waals surface area contributed by atoms with E-state index in [9.17, 15) is 0 Å². The van der Waals surface area contributed by atoms with Crippen molar-refractivity contribution < 1.29 is 0 Å². The molecule has 1 aliphatic heterocycles. The fourth-order valence-corrected chi connectivity index (χ4v) is 1.74. The lowest BCUT2D eigenvalue weighted by Crippen LogP contribution is -2.43. The van der Waals surface area contributed by atoms with Gasteiger partial charge in [0.25, 0.3) is 0 Å². The Morgan fingerprint density at radius 1 is 1.31 bits per heavy atom. The minimum Gasteiger partial charge on any atom is -0.316 e. The first-order valence-corrected chi connectivity index (χ1v) is 5.78. The van der Waals surface area contributed by atoms with Crippen LogP contribution in [0.5, 0.6) is 0 Å². The highest BCUT2D eigenvalue weighted by molar-refractivity contribution is 4.75. The van der Waals surface area contributed by atoms with Crippen molar-refractivity contribution in [3.05, 3.63) is 0 Å². The zero-order chi connectivity index (χ0) is 9.52. The third-order valence-corrected chi connectivity index (χ3v) is 3.18. The Balaban J connectivity index is 1.87. The molecule has 0 amide bonds. The van der Waals surface area contributed by atoms with E-state index < -0.39 is 0 Å². The third kappa shape index (κ3) is 4.10. The lowest BCUT2D eigenvalue weighted by atomic mass is 9.99. The topological polar surface area (TPSA) is 24.1 Å². The van der Waals surface area contributed by atoms with Crippen LogP contribution in [0, 0.1) is 11.8 Å². The first-order valence-electron chi connectivity index (χ1n) is 5.78. The lowest BCUT2D eigenvalue weighted by Gasteiger charge is -2.27. The van der Waals surface area contributed by atoms with E-state index in [1.165, 1.54) is 45.4 Å².